The first-order valence-electron chi connectivity index (χ1n) is 7.56. The number of carbonyl (C=O) groups excluding carboxylic acids is 1. The number of thiophene rings is 1. The molecule has 0 aliphatic carbocycles. The number of oxazole rings is 1. The van der Waals surface area contributed by atoms with Crippen LogP contribution in [0.15, 0.2) is 70.5 Å². The van der Waals surface area contributed by atoms with Gasteiger partial charge in [-0.2, -0.15) is 0 Å². The van der Waals surface area contributed by atoms with Crippen LogP contribution in [0.2, 0.25) is 0 Å². The number of nitrogens with one attached hydrogen (secondary N) is 1. The third-order valence-electron chi connectivity index (χ3n) is 3.62. The molecule has 0 spiro atoms. The maximum atomic E-state index is 12.1. The van der Waals surface area contributed by atoms with E-state index in [4.69, 9.17) is 4.42 Å². The summed E-state index contributed by atoms with van der Waals surface area (Å²) in [6.45, 7) is 0. The van der Waals surface area contributed by atoms with Crippen LogP contribution >= 0.6 is 11.3 Å². The van der Waals surface area contributed by atoms with Crippen molar-refractivity contribution in [2.24, 2.45) is 0 Å². The number of amides is 1. The summed E-state index contributed by atoms with van der Waals surface area (Å²) in [4.78, 5) is 17.3. The number of para-hydroxylation sites is 2. The molecule has 24 heavy (non-hydrogen) atoms. The minimum Gasteiger partial charge on any atom is -0.440 e. The number of rotatable bonds is 4. The molecule has 2 heterocycles. The Morgan fingerprint density at radius 3 is 2.83 bits per heavy atom. The summed E-state index contributed by atoms with van der Waals surface area (Å²) in [5, 5.41) is 4.81. The van der Waals surface area contributed by atoms with Gasteiger partial charge in [-0.15, -0.1) is 11.3 Å². The Morgan fingerprint density at radius 2 is 2.00 bits per heavy atom. The highest BCUT2D eigenvalue weighted by Crippen LogP contribution is 2.20. The number of anilines is 1. The Bertz CT molecular complexity index is 956. The Morgan fingerprint density at radius 1 is 1.08 bits per heavy atom. The fourth-order valence-corrected chi connectivity index (χ4v) is 3.15. The zero-order valence-electron chi connectivity index (χ0n) is 12.7. The molecule has 0 saturated heterocycles. The van der Waals surface area contributed by atoms with E-state index < -0.39 is 0 Å². The lowest BCUT2D eigenvalue weighted by atomic mass is 10.1. The number of fused-ring (bicyclic) bond motifs is 1. The molecule has 0 atom stereocenters. The molecule has 118 valence electrons. The quantitative estimate of drug-likeness (QED) is 0.587. The average Bonchev–Trinajstić information content (AvgIpc) is 3.24. The fourth-order valence-electron chi connectivity index (χ4n) is 2.53. The van der Waals surface area contributed by atoms with E-state index in [1.54, 1.807) is 0 Å². The van der Waals surface area contributed by atoms with Crippen molar-refractivity contribution in [1.29, 1.82) is 0 Å². The van der Waals surface area contributed by atoms with E-state index in [0.29, 0.717) is 17.2 Å². The van der Waals surface area contributed by atoms with Gasteiger partial charge in [-0.1, -0.05) is 30.3 Å². The van der Waals surface area contributed by atoms with E-state index in [1.165, 1.54) is 11.3 Å². The van der Waals surface area contributed by atoms with Crippen molar-refractivity contribution >= 4 is 34.0 Å². The van der Waals surface area contributed by atoms with Gasteiger partial charge in [0.25, 0.3) is 5.91 Å². The molecule has 0 saturated carbocycles. The molecule has 0 bridgehead atoms. The van der Waals surface area contributed by atoms with Crippen LogP contribution in [-0.4, -0.2) is 10.9 Å². The van der Waals surface area contributed by atoms with Gasteiger partial charge in [-0.05, 0) is 41.3 Å². The number of carbonyl (C=O) groups is 1. The number of hydrogen-bond donors (Lipinski definition) is 1. The molecule has 0 aliphatic heterocycles. The second kappa shape index (κ2) is 6.29. The summed E-state index contributed by atoms with van der Waals surface area (Å²) in [6, 6.07) is 19.1. The highest BCUT2D eigenvalue weighted by Gasteiger charge is 2.09. The summed E-state index contributed by atoms with van der Waals surface area (Å²) < 4.78 is 5.76. The molecule has 1 N–H and O–H groups in total. The van der Waals surface area contributed by atoms with Gasteiger partial charge in [0.2, 0.25) is 0 Å². The molecule has 0 unspecified atom stereocenters. The van der Waals surface area contributed by atoms with Gasteiger partial charge in [0, 0.05) is 12.1 Å². The number of nitrogens with zero attached hydrogens (tertiary/aromatic N) is 1. The topological polar surface area (TPSA) is 55.1 Å². The third-order valence-corrected chi connectivity index (χ3v) is 4.49. The number of aromatic nitrogens is 1. The van der Waals surface area contributed by atoms with Gasteiger partial charge in [0.15, 0.2) is 11.5 Å². The number of hydrogen-bond acceptors (Lipinski definition) is 4. The maximum Gasteiger partial charge on any atom is 0.265 e. The largest absolute Gasteiger partial charge is 0.440 e. The van der Waals surface area contributed by atoms with Gasteiger partial charge < -0.3 is 9.73 Å². The summed E-state index contributed by atoms with van der Waals surface area (Å²) in [7, 11) is 0. The predicted molar refractivity (Wildman–Crippen MR) is 95.5 cm³/mol. The summed E-state index contributed by atoms with van der Waals surface area (Å²) in [5.74, 6) is 0.571. The Balaban J connectivity index is 1.53. The summed E-state index contributed by atoms with van der Waals surface area (Å²) in [5.41, 5.74) is 3.44. The Labute approximate surface area is 142 Å². The van der Waals surface area contributed by atoms with Crippen LogP contribution in [-0.2, 0) is 6.42 Å². The second-order valence-electron chi connectivity index (χ2n) is 5.38. The first-order chi connectivity index (χ1) is 11.8. The predicted octanol–water partition coefficient (Wildman–Crippen LogP) is 4.73. The second-order valence-corrected chi connectivity index (χ2v) is 6.33. The van der Waals surface area contributed by atoms with E-state index >= 15 is 0 Å². The van der Waals surface area contributed by atoms with Crippen molar-refractivity contribution in [3.8, 4) is 0 Å². The lowest BCUT2D eigenvalue weighted by Gasteiger charge is -2.05. The van der Waals surface area contributed by atoms with Crippen molar-refractivity contribution in [2.45, 2.75) is 6.42 Å². The van der Waals surface area contributed by atoms with Crippen molar-refractivity contribution in [1.82, 2.24) is 4.98 Å². The highest BCUT2D eigenvalue weighted by atomic mass is 32.1. The van der Waals surface area contributed by atoms with Crippen LogP contribution in [0.1, 0.15) is 21.1 Å². The van der Waals surface area contributed by atoms with E-state index in [2.05, 4.69) is 10.3 Å². The van der Waals surface area contributed by atoms with E-state index in [0.717, 1.165) is 22.4 Å². The minimum atomic E-state index is -0.0935. The van der Waals surface area contributed by atoms with E-state index in [9.17, 15) is 4.79 Å². The molecule has 1 amide bonds. The van der Waals surface area contributed by atoms with E-state index in [-0.39, 0.29) is 5.91 Å². The zero-order chi connectivity index (χ0) is 16.4. The van der Waals surface area contributed by atoms with Crippen LogP contribution in [0.25, 0.3) is 11.1 Å². The highest BCUT2D eigenvalue weighted by molar-refractivity contribution is 7.12. The molecule has 5 heteroatoms. The van der Waals surface area contributed by atoms with Gasteiger partial charge >= 0.3 is 0 Å². The zero-order valence-corrected chi connectivity index (χ0v) is 13.5. The SMILES string of the molecule is O=C(Nc1cccc(Cc2nc3ccccc3o2)c1)c1cccs1. The molecule has 4 nitrogen and oxygen atoms in total. The lowest BCUT2D eigenvalue weighted by molar-refractivity contribution is 0.103. The van der Waals surface area contributed by atoms with Crippen molar-refractivity contribution in [2.75, 3.05) is 5.32 Å². The molecule has 0 aliphatic rings. The molecule has 2 aromatic carbocycles. The lowest BCUT2D eigenvalue weighted by Crippen LogP contribution is -2.10. The van der Waals surface area contributed by atoms with Crippen molar-refractivity contribution < 1.29 is 9.21 Å². The molecule has 4 aromatic rings. The molecule has 2 aromatic heterocycles. The Hall–Kier alpha value is -2.92. The smallest absolute Gasteiger partial charge is 0.265 e. The van der Waals surface area contributed by atoms with Gasteiger partial charge in [0.05, 0.1) is 4.88 Å². The van der Waals surface area contributed by atoms with E-state index in [1.807, 2.05) is 66.0 Å². The average molecular weight is 334 g/mol. The normalized spacial score (nSPS) is 10.8. The summed E-state index contributed by atoms with van der Waals surface area (Å²) in [6.07, 6.45) is 0.581. The molecular formula is C19H14N2O2S. The van der Waals surface area contributed by atoms with Gasteiger partial charge in [-0.3, -0.25) is 4.79 Å². The molecule has 0 fully saturated rings. The first kappa shape index (κ1) is 14.7. The van der Waals surface area contributed by atoms with Crippen LogP contribution in [0.4, 0.5) is 5.69 Å². The van der Waals surface area contributed by atoms with Gasteiger partial charge in [0.1, 0.15) is 5.52 Å². The number of benzene rings is 2. The van der Waals surface area contributed by atoms with Crippen LogP contribution in [0.3, 0.4) is 0 Å². The first-order valence-corrected chi connectivity index (χ1v) is 8.44. The van der Waals surface area contributed by atoms with Crippen LogP contribution < -0.4 is 5.32 Å². The Kier molecular flexibility index (Phi) is 3.84. The molecule has 0 radical (unpaired) electrons. The fraction of sp³-hybridized carbons (Fsp3) is 0.0526. The monoisotopic (exact) mass is 334 g/mol. The standard InChI is InChI=1S/C19H14N2O2S/c22-19(17-9-4-10-24-17)20-14-6-3-5-13(11-14)12-18-21-15-7-1-2-8-16(15)23-18/h1-11H,12H2,(H,20,22). The van der Waals surface area contributed by atoms with Crippen LogP contribution in [0, 0.1) is 0 Å². The summed E-state index contributed by atoms with van der Waals surface area (Å²) >= 11 is 1.42. The van der Waals surface area contributed by atoms with Crippen molar-refractivity contribution in [3.63, 3.8) is 0 Å². The van der Waals surface area contributed by atoms with Gasteiger partial charge in [-0.25, -0.2) is 4.98 Å². The minimum absolute atomic E-state index is 0.0935. The molecule has 4 rings (SSSR count). The van der Waals surface area contributed by atoms with Crippen LogP contribution in [0.5, 0.6) is 0 Å². The maximum absolute atomic E-state index is 12.1. The third kappa shape index (κ3) is 3.07. The molecular weight excluding hydrogens is 320 g/mol. The van der Waals surface area contributed by atoms with Crippen molar-refractivity contribution in [3.05, 3.63) is 82.4 Å².